The number of rotatable bonds is 5. The van der Waals surface area contributed by atoms with Crippen molar-refractivity contribution >= 4 is 20.6 Å². The molecule has 0 bridgehead atoms. The van der Waals surface area contributed by atoms with Gasteiger partial charge in [-0.2, -0.15) is 0 Å². The highest BCUT2D eigenvalue weighted by atomic mass is 35.5. The van der Waals surface area contributed by atoms with Crippen LogP contribution in [-0.4, -0.2) is 35.9 Å². The molecule has 6 heteroatoms. The lowest BCUT2D eigenvalue weighted by Crippen LogP contribution is -2.47. The average molecular weight is 201 g/mol. The van der Waals surface area contributed by atoms with E-state index in [9.17, 15) is 0 Å². The summed E-state index contributed by atoms with van der Waals surface area (Å²) in [6.45, 7) is 1.67. The van der Waals surface area contributed by atoms with E-state index in [4.69, 9.17) is 29.3 Å². The van der Waals surface area contributed by atoms with Crippen molar-refractivity contribution in [2.75, 3.05) is 21.3 Å². The van der Waals surface area contributed by atoms with Crippen molar-refractivity contribution < 1.29 is 17.7 Å². The first-order chi connectivity index (χ1) is 5.10. The van der Waals surface area contributed by atoms with Crippen LogP contribution in [0.3, 0.4) is 0 Å². The molecule has 0 aliphatic carbocycles. The fourth-order valence-electron chi connectivity index (χ4n) is 0.593. The maximum atomic E-state index is 5.57. The SMILES string of the molecule is CO[Si](OC)(OC)OC(C)Cl. The predicted octanol–water partition coefficient (Wildman–Crippen LogP) is 0.963. The fraction of sp³-hybridized carbons (Fsp3) is 1.00. The summed E-state index contributed by atoms with van der Waals surface area (Å²) in [5.74, 6) is 0. The molecule has 0 N–H and O–H groups in total. The van der Waals surface area contributed by atoms with E-state index in [2.05, 4.69) is 0 Å². The van der Waals surface area contributed by atoms with Gasteiger partial charge in [0.15, 0.2) is 0 Å². The Balaban J connectivity index is 4.05. The molecule has 0 aliphatic rings. The molecule has 0 rings (SSSR count). The van der Waals surface area contributed by atoms with Gasteiger partial charge >= 0.3 is 9.05 Å². The summed E-state index contributed by atoms with van der Waals surface area (Å²) < 4.78 is 19.9. The third kappa shape index (κ3) is 3.50. The van der Waals surface area contributed by atoms with E-state index < -0.39 is 14.6 Å². The summed E-state index contributed by atoms with van der Waals surface area (Å²) in [5.41, 5.74) is -0.485. The van der Waals surface area contributed by atoms with Crippen LogP contribution >= 0.6 is 11.6 Å². The van der Waals surface area contributed by atoms with Crippen LogP contribution in [0, 0.1) is 0 Å². The van der Waals surface area contributed by atoms with Crippen LogP contribution in [0.2, 0.25) is 0 Å². The fourth-order valence-corrected chi connectivity index (χ4v) is 2.11. The zero-order valence-corrected chi connectivity index (χ0v) is 8.84. The van der Waals surface area contributed by atoms with Crippen LogP contribution in [0.1, 0.15) is 6.92 Å². The van der Waals surface area contributed by atoms with Gasteiger partial charge in [0.2, 0.25) is 0 Å². The molecule has 11 heavy (non-hydrogen) atoms. The second kappa shape index (κ2) is 5.07. The van der Waals surface area contributed by atoms with Crippen molar-refractivity contribution in [1.29, 1.82) is 0 Å². The molecule has 0 fully saturated rings. The minimum atomic E-state index is -2.91. The van der Waals surface area contributed by atoms with Crippen molar-refractivity contribution in [1.82, 2.24) is 0 Å². The molecule has 0 aromatic carbocycles. The largest absolute Gasteiger partial charge is 0.680 e. The van der Waals surface area contributed by atoms with Gasteiger partial charge in [-0.3, -0.25) is 0 Å². The first-order valence-corrected chi connectivity index (χ1v) is 5.14. The summed E-state index contributed by atoms with van der Waals surface area (Å²) in [5, 5.41) is 0. The number of halogens is 1. The van der Waals surface area contributed by atoms with Gasteiger partial charge in [-0.1, -0.05) is 11.6 Å². The van der Waals surface area contributed by atoms with Gasteiger partial charge in [0, 0.05) is 21.3 Å². The molecular weight excluding hydrogens is 188 g/mol. The van der Waals surface area contributed by atoms with Gasteiger partial charge in [-0.15, -0.1) is 0 Å². The Morgan fingerprint density at radius 3 is 1.55 bits per heavy atom. The quantitative estimate of drug-likeness (QED) is 0.490. The third-order valence-electron chi connectivity index (χ3n) is 1.06. The number of hydrogen-bond donors (Lipinski definition) is 0. The van der Waals surface area contributed by atoms with Gasteiger partial charge in [0.1, 0.15) is 5.56 Å². The Morgan fingerprint density at radius 1 is 1.09 bits per heavy atom. The van der Waals surface area contributed by atoms with Gasteiger partial charge in [0.05, 0.1) is 0 Å². The number of hydrogen-bond acceptors (Lipinski definition) is 4. The Bertz CT molecular complexity index is 98.4. The van der Waals surface area contributed by atoms with Gasteiger partial charge in [-0.05, 0) is 6.92 Å². The van der Waals surface area contributed by atoms with Crippen molar-refractivity contribution in [2.24, 2.45) is 0 Å². The predicted molar refractivity (Wildman–Crippen MR) is 43.2 cm³/mol. The third-order valence-corrected chi connectivity index (χ3v) is 3.44. The summed E-state index contributed by atoms with van der Waals surface area (Å²) in [6.07, 6.45) is 0. The Kier molecular flexibility index (Phi) is 5.23. The molecule has 0 aliphatic heterocycles. The van der Waals surface area contributed by atoms with Crippen molar-refractivity contribution in [3.05, 3.63) is 0 Å². The Morgan fingerprint density at radius 2 is 1.45 bits per heavy atom. The summed E-state index contributed by atoms with van der Waals surface area (Å²) >= 11 is 5.57. The molecule has 0 spiro atoms. The minimum absolute atomic E-state index is 0.485. The average Bonchev–Trinajstić information content (AvgIpc) is 2.00. The molecule has 0 saturated carbocycles. The van der Waals surface area contributed by atoms with Gasteiger partial charge in [0.25, 0.3) is 0 Å². The molecule has 0 heterocycles. The highest BCUT2D eigenvalue weighted by Crippen LogP contribution is 2.12. The lowest BCUT2D eigenvalue weighted by atomic mass is 10.9. The van der Waals surface area contributed by atoms with Gasteiger partial charge < -0.3 is 17.7 Å². The van der Waals surface area contributed by atoms with Crippen LogP contribution < -0.4 is 0 Å². The van der Waals surface area contributed by atoms with E-state index >= 15 is 0 Å². The lowest BCUT2D eigenvalue weighted by Gasteiger charge is -2.23. The first-order valence-electron chi connectivity index (χ1n) is 3.07. The molecule has 0 saturated heterocycles. The minimum Gasteiger partial charge on any atom is -0.355 e. The molecule has 0 aromatic rings. The van der Waals surface area contributed by atoms with E-state index in [0.29, 0.717) is 0 Å². The zero-order valence-electron chi connectivity index (χ0n) is 7.09. The summed E-state index contributed by atoms with van der Waals surface area (Å²) in [6, 6.07) is 0. The molecule has 0 radical (unpaired) electrons. The molecule has 1 atom stereocenters. The molecule has 68 valence electrons. The first kappa shape index (κ1) is 11.3. The van der Waals surface area contributed by atoms with Crippen LogP contribution in [-0.2, 0) is 17.7 Å². The lowest BCUT2D eigenvalue weighted by molar-refractivity contribution is 0.000630. The van der Waals surface area contributed by atoms with E-state index in [0.717, 1.165) is 0 Å². The maximum absolute atomic E-state index is 5.57. The second-order valence-corrected chi connectivity index (χ2v) is 4.85. The highest BCUT2D eigenvalue weighted by molar-refractivity contribution is 6.54. The topological polar surface area (TPSA) is 36.9 Å². The molecule has 4 nitrogen and oxygen atoms in total. The van der Waals surface area contributed by atoms with Crippen LogP contribution in [0.25, 0.3) is 0 Å². The summed E-state index contributed by atoms with van der Waals surface area (Å²) in [7, 11) is 1.46. The van der Waals surface area contributed by atoms with E-state index in [-0.39, 0.29) is 0 Å². The zero-order chi connectivity index (χ0) is 8.91. The van der Waals surface area contributed by atoms with Crippen molar-refractivity contribution in [2.45, 2.75) is 12.5 Å². The molecule has 0 amide bonds. The summed E-state index contributed by atoms with van der Waals surface area (Å²) in [4.78, 5) is 0. The van der Waals surface area contributed by atoms with Crippen molar-refractivity contribution in [3.8, 4) is 0 Å². The Hall–Kier alpha value is 0.347. The normalized spacial score (nSPS) is 15.0. The van der Waals surface area contributed by atoms with Crippen LogP contribution in [0.4, 0.5) is 0 Å². The van der Waals surface area contributed by atoms with E-state index in [1.165, 1.54) is 21.3 Å². The standard InChI is InChI=1S/C5H13ClO4Si/c1-5(6)10-11(7-2,8-3)9-4/h5H,1-4H3. The maximum Gasteiger partial charge on any atom is 0.680 e. The van der Waals surface area contributed by atoms with Gasteiger partial charge in [-0.25, -0.2) is 0 Å². The number of alkyl halides is 1. The smallest absolute Gasteiger partial charge is 0.355 e. The van der Waals surface area contributed by atoms with Crippen LogP contribution in [0.15, 0.2) is 0 Å². The second-order valence-electron chi connectivity index (χ2n) is 1.77. The monoisotopic (exact) mass is 200 g/mol. The Labute approximate surface area is 72.8 Å². The van der Waals surface area contributed by atoms with E-state index in [1.54, 1.807) is 6.92 Å². The van der Waals surface area contributed by atoms with Crippen LogP contribution in [0.5, 0.6) is 0 Å². The van der Waals surface area contributed by atoms with Crippen molar-refractivity contribution in [3.63, 3.8) is 0 Å². The molecule has 1 unspecified atom stereocenters. The van der Waals surface area contributed by atoms with E-state index in [1.807, 2.05) is 0 Å². The molecular formula is C5H13ClO4Si. The molecule has 0 aromatic heterocycles. The highest BCUT2D eigenvalue weighted by Gasteiger charge is 2.43.